The van der Waals surface area contributed by atoms with Gasteiger partial charge >= 0.3 is 5.97 Å². The zero-order valence-corrected chi connectivity index (χ0v) is 10.1. The molecule has 0 saturated heterocycles. The molecule has 0 atom stereocenters. The summed E-state index contributed by atoms with van der Waals surface area (Å²) < 4.78 is 6.05. The molecule has 0 unspecified atom stereocenters. The Morgan fingerprint density at radius 3 is 2.88 bits per heavy atom. The van der Waals surface area contributed by atoms with Gasteiger partial charge in [-0.3, -0.25) is 0 Å². The highest BCUT2D eigenvalue weighted by Crippen LogP contribution is 2.18. The van der Waals surface area contributed by atoms with Crippen LogP contribution in [0, 0.1) is 6.92 Å². The molecule has 5 nitrogen and oxygen atoms in total. The van der Waals surface area contributed by atoms with Gasteiger partial charge in [-0.05, 0) is 30.7 Å². The molecule has 0 N–H and O–H groups in total. The number of aryl methyl sites for hydroxylation is 1. The predicted molar refractivity (Wildman–Crippen MR) is 62.4 cm³/mol. The van der Waals surface area contributed by atoms with Crippen LogP contribution in [0.25, 0.3) is 5.69 Å². The van der Waals surface area contributed by atoms with Crippen molar-refractivity contribution < 1.29 is 9.53 Å². The number of hydrogen-bond donors (Lipinski definition) is 0. The first-order valence-corrected chi connectivity index (χ1v) is 5.27. The monoisotopic (exact) mass is 251 g/mol. The summed E-state index contributed by atoms with van der Waals surface area (Å²) in [6, 6.07) is 5.43. The van der Waals surface area contributed by atoms with Crippen LogP contribution in [-0.2, 0) is 4.74 Å². The molecule has 0 saturated carbocycles. The van der Waals surface area contributed by atoms with Crippen molar-refractivity contribution in [1.82, 2.24) is 15.0 Å². The number of ether oxygens (including phenoxy) is 1. The highest BCUT2D eigenvalue weighted by Gasteiger charge is 2.11. The highest BCUT2D eigenvalue weighted by atomic mass is 35.5. The molecule has 2 rings (SSSR count). The molecule has 1 heterocycles. The highest BCUT2D eigenvalue weighted by molar-refractivity contribution is 6.31. The van der Waals surface area contributed by atoms with Crippen molar-refractivity contribution in [2.24, 2.45) is 0 Å². The third-order valence-electron chi connectivity index (χ3n) is 2.29. The van der Waals surface area contributed by atoms with Crippen LogP contribution in [0.2, 0.25) is 5.02 Å². The fourth-order valence-corrected chi connectivity index (χ4v) is 1.48. The summed E-state index contributed by atoms with van der Waals surface area (Å²) >= 11 is 5.93. The average molecular weight is 252 g/mol. The number of nitrogens with zero attached hydrogens (tertiary/aromatic N) is 3. The molecule has 0 amide bonds. The molecular weight excluding hydrogens is 242 g/mol. The summed E-state index contributed by atoms with van der Waals surface area (Å²) in [6.45, 7) is 1.89. The minimum absolute atomic E-state index is 0.167. The van der Waals surface area contributed by atoms with E-state index < -0.39 is 5.97 Å². The van der Waals surface area contributed by atoms with Gasteiger partial charge in [-0.2, -0.15) is 0 Å². The molecule has 0 aliphatic carbocycles. The molecule has 0 aliphatic rings. The van der Waals surface area contributed by atoms with Crippen molar-refractivity contribution in [3.8, 4) is 5.69 Å². The lowest BCUT2D eigenvalue weighted by Gasteiger charge is -2.02. The third kappa shape index (κ3) is 2.29. The van der Waals surface area contributed by atoms with E-state index in [0.717, 1.165) is 11.3 Å². The Balaban J connectivity index is 2.37. The summed E-state index contributed by atoms with van der Waals surface area (Å²) in [5.74, 6) is -0.512. The average Bonchev–Trinajstić information content (AvgIpc) is 2.81. The van der Waals surface area contributed by atoms with Gasteiger partial charge in [0.1, 0.15) is 0 Å². The Labute approximate surface area is 103 Å². The van der Waals surface area contributed by atoms with E-state index in [4.69, 9.17) is 11.6 Å². The van der Waals surface area contributed by atoms with E-state index >= 15 is 0 Å². The number of halogens is 1. The van der Waals surface area contributed by atoms with Crippen molar-refractivity contribution in [2.45, 2.75) is 6.92 Å². The third-order valence-corrected chi connectivity index (χ3v) is 2.72. The van der Waals surface area contributed by atoms with Crippen molar-refractivity contribution in [1.29, 1.82) is 0 Å². The first-order chi connectivity index (χ1) is 8.11. The molecule has 6 heteroatoms. The number of hydrogen-bond acceptors (Lipinski definition) is 4. The van der Waals surface area contributed by atoms with Gasteiger partial charge in [-0.25, -0.2) is 9.48 Å². The van der Waals surface area contributed by atoms with Gasteiger partial charge in [0.05, 0.1) is 19.0 Å². The van der Waals surface area contributed by atoms with E-state index in [1.54, 1.807) is 12.1 Å². The van der Waals surface area contributed by atoms with E-state index in [1.165, 1.54) is 18.0 Å². The first kappa shape index (κ1) is 11.6. The number of carbonyl (C=O) groups excluding carboxylic acids is 1. The predicted octanol–water partition coefficient (Wildman–Crippen LogP) is 2.02. The molecule has 88 valence electrons. The zero-order valence-electron chi connectivity index (χ0n) is 9.35. The van der Waals surface area contributed by atoms with Crippen molar-refractivity contribution in [3.05, 3.63) is 40.7 Å². The van der Waals surface area contributed by atoms with Gasteiger partial charge in [0, 0.05) is 5.02 Å². The summed E-state index contributed by atoms with van der Waals surface area (Å²) in [5.41, 5.74) is 1.88. The van der Waals surface area contributed by atoms with E-state index in [9.17, 15) is 4.79 Å². The Bertz CT molecular complexity index is 566. The molecule has 0 radical (unpaired) electrons. The van der Waals surface area contributed by atoms with Crippen molar-refractivity contribution >= 4 is 17.6 Å². The van der Waals surface area contributed by atoms with E-state index in [2.05, 4.69) is 15.0 Å². The summed E-state index contributed by atoms with van der Waals surface area (Å²) in [6.07, 6.45) is 1.51. The summed E-state index contributed by atoms with van der Waals surface area (Å²) in [5, 5.41) is 8.25. The van der Waals surface area contributed by atoms with Gasteiger partial charge in [-0.15, -0.1) is 5.10 Å². The Hall–Kier alpha value is -1.88. The van der Waals surface area contributed by atoms with Gasteiger partial charge in [0.25, 0.3) is 0 Å². The lowest BCUT2D eigenvalue weighted by Crippen LogP contribution is -2.01. The second-order valence-corrected chi connectivity index (χ2v) is 3.88. The Kier molecular flexibility index (Phi) is 3.10. The van der Waals surface area contributed by atoms with Crippen LogP contribution in [0.15, 0.2) is 24.4 Å². The molecule has 0 bridgehead atoms. The minimum atomic E-state index is -0.512. The van der Waals surface area contributed by atoms with Crippen LogP contribution < -0.4 is 0 Å². The minimum Gasteiger partial charge on any atom is -0.464 e. The van der Waals surface area contributed by atoms with Crippen LogP contribution in [-0.4, -0.2) is 28.1 Å². The number of rotatable bonds is 2. The lowest BCUT2D eigenvalue weighted by molar-refractivity contribution is 0.0594. The molecule has 2 aromatic rings. The number of methoxy groups -OCH3 is 1. The Morgan fingerprint density at radius 1 is 1.47 bits per heavy atom. The first-order valence-electron chi connectivity index (χ1n) is 4.89. The number of esters is 1. The quantitative estimate of drug-likeness (QED) is 0.766. The van der Waals surface area contributed by atoms with Crippen LogP contribution in [0.3, 0.4) is 0 Å². The van der Waals surface area contributed by atoms with Crippen molar-refractivity contribution in [3.63, 3.8) is 0 Å². The molecule has 0 fully saturated rings. The maximum atomic E-state index is 11.2. The second-order valence-electron chi connectivity index (χ2n) is 3.47. The largest absolute Gasteiger partial charge is 0.464 e. The summed E-state index contributed by atoms with van der Waals surface area (Å²) in [4.78, 5) is 11.2. The molecule has 0 aliphatic heterocycles. The smallest absolute Gasteiger partial charge is 0.360 e. The van der Waals surface area contributed by atoms with E-state index in [1.807, 2.05) is 13.0 Å². The number of carbonyl (C=O) groups is 1. The van der Waals surface area contributed by atoms with Crippen LogP contribution in [0.4, 0.5) is 0 Å². The summed E-state index contributed by atoms with van der Waals surface area (Å²) in [7, 11) is 1.30. The lowest BCUT2D eigenvalue weighted by atomic mass is 10.2. The number of benzene rings is 1. The maximum Gasteiger partial charge on any atom is 0.360 e. The van der Waals surface area contributed by atoms with Gasteiger partial charge < -0.3 is 4.74 Å². The van der Waals surface area contributed by atoms with E-state index in [-0.39, 0.29) is 5.69 Å². The van der Waals surface area contributed by atoms with E-state index in [0.29, 0.717) is 5.02 Å². The molecule has 17 heavy (non-hydrogen) atoms. The van der Waals surface area contributed by atoms with Crippen LogP contribution >= 0.6 is 11.6 Å². The second kappa shape index (κ2) is 4.55. The molecule has 0 spiro atoms. The fourth-order valence-electron chi connectivity index (χ4n) is 1.36. The maximum absolute atomic E-state index is 11.2. The Morgan fingerprint density at radius 2 is 2.24 bits per heavy atom. The topological polar surface area (TPSA) is 57.0 Å². The zero-order chi connectivity index (χ0) is 12.4. The van der Waals surface area contributed by atoms with Crippen molar-refractivity contribution in [2.75, 3.05) is 7.11 Å². The van der Waals surface area contributed by atoms with Gasteiger partial charge in [0.15, 0.2) is 5.69 Å². The SMILES string of the molecule is COC(=O)c1cn(-c2ccc(Cl)c(C)c2)nn1. The molecule has 1 aromatic carbocycles. The normalized spacial score (nSPS) is 10.3. The molecule has 1 aromatic heterocycles. The fraction of sp³-hybridized carbons (Fsp3) is 0.182. The van der Waals surface area contributed by atoms with Gasteiger partial charge in [0.2, 0.25) is 0 Å². The van der Waals surface area contributed by atoms with Crippen LogP contribution in [0.1, 0.15) is 16.1 Å². The standard InChI is InChI=1S/C11H10ClN3O2/c1-7-5-8(3-4-9(7)12)15-6-10(13-14-15)11(16)17-2/h3-6H,1-2H3. The van der Waals surface area contributed by atoms with Gasteiger partial charge in [-0.1, -0.05) is 16.8 Å². The molecular formula is C11H10ClN3O2. The number of aromatic nitrogens is 3. The van der Waals surface area contributed by atoms with Crippen LogP contribution in [0.5, 0.6) is 0 Å².